The summed E-state index contributed by atoms with van der Waals surface area (Å²) in [5.41, 5.74) is 1.72. The number of anilines is 1. The SMILES string of the molecule is CC1(C)CCCN(c2ncc(Br)cc2CNC2CC2)C1. The van der Waals surface area contributed by atoms with Crippen molar-refractivity contribution in [2.24, 2.45) is 5.41 Å². The molecule has 0 unspecified atom stereocenters. The maximum atomic E-state index is 4.70. The molecule has 2 fully saturated rings. The molecule has 0 bridgehead atoms. The molecule has 1 saturated carbocycles. The molecule has 4 heteroatoms. The highest BCUT2D eigenvalue weighted by molar-refractivity contribution is 9.10. The smallest absolute Gasteiger partial charge is 0.133 e. The van der Waals surface area contributed by atoms with Crippen molar-refractivity contribution in [3.8, 4) is 0 Å². The van der Waals surface area contributed by atoms with Gasteiger partial charge in [-0.25, -0.2) is 4.98 Å². The fourth-order valence-corrected chi connectivity index (χ4v) is 3.41. The second kappa shape index (κ2) is 5.64. The van der Waals surface area contributed by atoms with E-state index >= 15 is 0 Å². The van der Waals surface area contributed by atoms with Crippen LogP contribution in [0.15, 0.2) is 16.7 Å². The molecule has 0 radical (unpaired) electrons. The Morgan fingerprint density at radius 1 is 1.45 bits per heavy atom. The molecule has 3 rings (SSSR count). The predicted octanol–water partition coefficient (Wildman–Crippen LogP) is 3.72. The van der Waals surface area contributed by atoms with Gasteiger partial charge in [-0.1, -0.05) is 13.8 Å². The van der Waals surface area contributed by atoms with Crippen molar-refractivity contribution in [2.45, 2.75) is 52.1 Å². The normalized spacial score (nSPS) is 22.1. The summed E-state index contributed by atoms with van der Waals surface area (Å²) in [5.74, 6) is 1.18. The van der Waals surface area contributed by atoms with E-state index in [0.717, 1.165) is 30.1 Å². The Kier molecular flexibility index (Phi) is 4.04. The van der Waals surface area contributed by atoms with Gasteiger partial charge in [0.15, 0.2) is 0 Å². The minimum Gasteiger partial charge on any atom is -0.356 e. The third-order valence-corrected chi connectivity index (χ3v) is 4.70. The fraction of sp³-hybridized carbons (Fsp3) is 0.688. The molecule has 1 N–H and O–H groups in total. The second-order valence-electron chi connectivity index (χ2n) is 6.98. The van der Waals surface area contributed by atoms with E-state index in [9.17, 15) is 0 Å². The van der Waals surface area contributed by atoms with Gasteiger partial charge in [0.1, 0.15) is 5.82 Å². The molecule has 2 aliphatic rings. The van der Waals surface area contributed by atoms with E-state index in [1.807, 2.05) is 6.20 Å². The van der Waals surface area contributed by atoms with Crippen LogP contribution >= 0.6 is 15.9 Å². The molecule has 110 valence electrons. The zero-order chi connectivity index (χ0) is 14.2. The maximum Gasteiger partial charge on any atom is 0.133 e. The van der Waals surface area contributed by atoms with Gasteiger partial charge in [-0.3, -0.25) is 0 Å². The third-order valence-electron chi connectivity index (χ3n) is 4.27. The monoisotopic (exact) mass is 337 g/mol. The van der Waals surface area contributed by atoms with Crippen molar-refractivity contribution < 1.29 is 0 Å². The minimum atomic E-state index is 0.397. The summed E-state index contributed by atoms with van der Waals surface area (Å²) < 4.78 is 1.07. The number of hydrogen-bond donors (Lipinski definition) is 1. The van der Waals surface area contributed by atoms with Crippen LogP contribution in [0.25, 0.3) is 0 Å². The molecule has 3 nitrogen and oxygen atoms in total. The summed E-state index contributed by atoms with van der Waals surface area (Å²) in [7, 11) is 0. The number of rotatable bonds is 4. The van der Waals surface area contributed by atoms with Gasteiger partial charge in [0.05, 0.1) is 0 Å². The topological polar surface area (TPSA) is 28.2 Å². The van der Waals surface area contributed by atoms with Gasteiger partial charge in [-0.05, 0) is 53.1 Å². The number of nitrogens with one attached hydrogen (secondary N) is 1. The van der Waals surface area contributed by atoms with Gasteiger partial charge < -0.3 is 10.2 Å². The summed E-state index contributed by atoms with van der Waals surface area (Å²) in [6.07, 6.45) is 7.16. The number of nitrogens with zero attached hydrogens (tertiary/aromatic N) is 2. The first-order valence-electron chi connectivity index (χ1n) is 7.66. The van der Waals surface area contributed by atoms with Crippen molar-refractivity contribution in [3.63, 3.8) is 0 Å². The molecule has 1 saturated heterocycles. The molecular formula is C16H24BrN3. The highest BCUT2D eigenvalue weighted by Crippen LogP contribution is 2.33. The van der Waals surface area contributed by atoms with Crippen molar-refractivity contribution in [3.05, 3.63) is 22.3 Å². The molecule has 0 spiro atoms. The molecule has 2 heterocycles. The highest BCUT2D eigenvalue weighted by atomic mass is 79.9. The first-order valence-corrected chi connectivity index (χ1v) is 8.46. The largest absolute Gasteiger partial charge is 0.356 e. The van der Waals surface area contributed by atoms with Crippen LogP contribution in [-0.2, 0) is 6.54 Å². The van der Waals surface area contributed by atoms with Crippen LogP contribution in [0.2, 0.25) is 0 Å². The summed E-state index contributed by atoms with van der Waals surface area (Å²) in [6.45, 7) is 7.90. The summed E-state index contributed by atoms with van der Waals surface area (Å²) in [5, 5.41) is 3.61. The Balaban J connectivity index is 1.79. The zero-order valence-electron chi connectivity index (χ0n) is 12.5. The van der Waals surface area contributed by atoms with Gasteiger partial charge in [0.2, 0.25) is 0 Å². The maximum absolute atomic E-state index is 4.70. The molecule has 0 aromatic carbocycles. The van der Waals surface area contributed by atoms with Crippen molar-refractivity contribution in [1.82, 2.24) is 10.3 Å². The van der Waals surface area contributed by atoms with Crippen LogP contribution in [0.5, 0.6) is 0 Å². The van der Waals surface area contributed by atoms with Gasteiger partial charge in [-0.2, -0.15) is 0 Å². The van der Waals surface area contributed by atoms with Crippen LogP contribution in [-0.4, -0.2) is 24.1 Å². The van der Waals surface area contributed by atoms with Crippen LogP contribution in [0.1, 0.15) is 45.1 Å². The molecule has 20 heavy (non-hydrogen) atoms. The number of halogens is 1. The summed E-state index contributed by atoms with van der Waals surface area (Å²) in [4.78, 5) is 7.18. The molecule has 1 aromatic rings. The minimum absolute atomic E-state index is 0.397. The number of hydrogen-bond acceptors (Lipinski definition) is 3. The zero-order valence-corrected chi connectivity index (χ0v) is 14.0. The van der Waals surface area contributed by atoms with Crippen LogP contribution < -0.4 is 10.2 Å². The van der Waals surface area contributed by atoms with E-state index in [1.165, 1.54) is 37.1 Å². The van der Waals surface area contributed by atoms with Crippen molar-refractivity contribution in [2.75, 3.05) is 18.0 Å². The third kappa shape index (κ3) is 3.53. The van der Waals surface area contributed by atoms with Crippen LogP contribution in [0.3, 0.4) is 0 Å². The Labute approximate surface area is 130 Å². The lowest BCUT2D eigenvalue weighted by atomic mass is 9.84. The quantitative estimate of drug-likeness (QED) is 0.907. The predicted molar refractivity (Wildman–Crippen MR) is 87.0 cm³/mol. The fourth-order valence-electron chi connectivity index (χ4n) is 3.03. The lowest BCUT2D eigenvalue weighted by molar-refractivity contribution is 0.291. The van der Waals surface area contributed by atoms with Crippen molar-refractivity contribution >= 4 is 21.7 Å². The molecule has 0 atom stereocenters. The lowest BCUT2D eigenvalue weighted by Gasteiger charge is -2.39. The van der Waals surface area contributed by atoms with Gasteiger partial charge in [-0.15, -0.1) is 0 Å². The van der Waals surface area contributed by atoms with E-state index in [2.05, 4.69) is 46.1 Å². The van der Waals surface area contributed by atoms with Gasteiger partial charge in [0.25, 0.3) is 0 Å². The van der Waals surface area contributed by atoms with Crippen molar-refractivity contribution in [1.29, 1.82) is 0 Å². The van der Waals surface area contributed by atoms with Gasteiger partial charge >= 0.3 is 0 Å². The first-order chi connectivity index (χ1) is 9.53. The molecule has 1 aromatic heterocycles. The summed E-state index contributed by atoms with van der Waals surface area (Å²) >= 11 is 3.56. The average molecular weight is 338 g/mol. The van der Waals surface area contributed by atoms with E-state index in [0.29, 0.717) is 5.41 Å². The Hall–Kier alpha value is -0.610. The van der Waals surface area contributed by atoms with Crippen LogP contribution in [0.4, 0.5) is 5.82 Å². The number of pyridine rings is 1. The summed E-state index contributed by atoms with van der Waals surface area (Å²) in [6, 6.07) is 2.96. The van der Waals surface area contributed by atoms with E-state index < -0.39 is 0 Å². The van der Waals surface area contributed by atoms with E-state index in [4.69, 9.17) is 4.98 Å². The Morgan fingerprint density at radius 2 is 2.25 bits per heavy atom. The standard InChI is InChI=1S/C16H24BrN3/c1-16(2)6-3-7-20(11-16)15-12(8-13(17)10-19-15)9-18-14-4-5-14/h8,10,14,18H,3-7,9,11H2,1-2H3. The van der Waals surface area contributed by atoms with E-state index in [1.54, 1.807) is 0 Å². The molecule has 0 amide bonds. The number of aromatic nitrogens is 1. The highest BCUT2D eigenvalue weighted by Gasteiger charge is 2.28. The molecule has 1 aliphatic heterocycles. The van der Waals surface area contributed by atoms with Crippen LogP contribution in [0, 0.1) is 5.41 Å². The average Bonchev–Trinajstić information content (AvgIpc) is 3.19. The molecular weight excluding hydrogens is 314 g/mol. The first kappa shape index (κ1) is 14.3. The van der Waals surface area contributed by atoms with Gasteiger partial charge in [0, 0.05) is 41.9 Å². The molecule has 1 aliphatic carbocycles. The second-order valence-corrected chi connectivity index (χ2v) is 7.90. The van der Waals surface area contributed by atoms with E-state index in [-0.39, 0.29) is 0 Å². The lowest BCUT2D eigenvalue weighted by Crippen LogP contribution is -2.41. The number of piperidine rings is 1. The Bertz CT molecular complexity index is 483. The Morgan fingerprint density at radius 3 is 2.95 bits per heavy atom.